The molecule has 0 aliphatic heterocycles. The van der Waals surface area contributed by atoms with Gasteiger partial charge in [0.15, 0.2) is 0 Å². The molecular weight excluding hydrogens is 206 g/mol. The summed E-state index contributed by atoms with van der Waals surface area (Å²) in [4.78, 5) is 12.1. The number of halogens is 1. The van der Waals surface area contributed by atoms with Crippen LogP contribution in [0, 0.1) is 0 Å². The van der Waals surface area contributed by atoms with Gasteiger partial charge in [-0.2, -0.15) is 0 Å². The van der Waals surface area contributed by atoms with Gasteiger partial charge in [-0.3, -0.25) is 4.79 Å². The van der Waals surface area contributed by atoms with Crippen LogP contribution in [0.25, 0.3) is 0 Å². The third-order valence-electron chi connectivity index (χ3n) is 1.79. The van der Waals surface area contributed by atoms with Gasteiger partial charge in [-0.15, -0.1) is 22.9 Å². The Bertz CT molecular complexity index is 285. The fourth-order valence-corrected chi connectivity index (χ4v) is 2.07. The molecule has 72 valence electrons. The molecule has 0 fully saturated rings. The molecule has 0 aromatic carbocycles. The van der Waals surface area contributed by atoms with Gasteiger partial charge in [-0.05, 0) is 23.4 Å². The lowest BCUT2D eigenvalue weighted by molar-refractivity contribution is -0.118. The van der Waals surface area contributed by atoms with E-state index in [-0.39, 0.29) is 11.8 Å². The van der Waals surface area contributed by atoms with Crippen molar-refractivity contribution in [3.05, 3.63) is 21.9 Å². The SMILES string of the molecule is CCc1ccsc1CNC(=O)CCl. The van der Waals surface area contributed by atoms with Gasteiger partial charge in [-0.1, -0.05) is 6.92 Å². The minimum Gasteiger partial charge on any atom is -0.350 e. The summed E-state index contributed by atoms with van der Waals surface area (Å²) in [7, 11) is 0. The van der Waals surface area contributed by atoms with E-state index in [0.717, 1.165) is 6.42 Å². The predicted octanol–water partition coefficient (Wildman–Crippen LogP) is 2.17. The predicted molar refractivity (Wildman–Crippen MR) is 56.3 cm³/mol. The molecule has 4 heteroatoms. The van der Waals surface area contributed by atoms with E-state index in [1.54, 1.807) is 11.3 Å². The van der Waals surface area contributed by atoms with Crippen molar-refractivity contribution in [1.82, 2.24) is 5.32 Å². The van der Waals surface area contributed by atoms with Crippen molar-refractivity contribution in [1.29, 1.82) is 0 Å². The average Bonchev–Trinajstić information content (AvgIpc) is 2.61. The van der Waals surface area contributed by atoms with Crippen LogP contribution in [0.1, 0.15) is 17.4 Å². The highest BCUT2D eigenvalue weighted by Crippen LogP contribution is 2.16. The van der Waals surface area contributed by atoms with Crippen LogP contribution < -0.4 is 5.32 Å². The molecule has 0 bridgehead atoms. The van der Waals surface area contributed by atoms with Gasteiger partial charge in [0.2, 0.25) is 5.91 Å². The van der Waals surface area contributed by atoms with Gasteiger partial charge in [0, 0.05) is 4.88 Å². The lowest BCUT2D eigenvalue weighted by Crippen LogP contribution is -2.23. The van der Waals surface area contributed by atoms with Gasteiger partial charge < -0.3 is 5.32 Å². The zero-order valence-electron chi connectivity index (χ0n) is 7.47. The van der Waals surface area contributed by atoms with Crippen LogP contribution in [0.5, 0.6) is 0 Å². The van der Waals surface area contributed by atoms with Gasteiger partial charge in [-0.25, -0.2) is 0 Å². The van der Waals surface area contributed by atoms with Crippen molar-refractivity contribution < 1.29 is 4.79 Å². The molecule has 0 saturated carbocycles. The van der Waals surface area contributed by atoms with E-state index >= 15 is 0 Å². The van der Waals surface area contributed by atoms with Crippen LogP contribution >= 0.6 is 22.9 Å². The molecule has 2 nitrogen and oxygen atoms in total. The number of hydrogen-bond acceptors (Lipinski definition) is 2. The zero-order valence-corrected chi connectivity index (χ0v) is 9.04. The summed E-state index contributed by atoms with van der Waals surface area (Å²) in [5.74, 6) is -0.0792. The van der Waals surface area contributed by atoms with E-state index in [1.165, 1.54) is 10.4 Å². The molecule has 1 rings (SSSR count). The third-order valence-corrected chi connectivity index (χ3v) is 2.99. The Kier molecular flexibility index (Phi) is 4.25. The summed E-state index contributed by atoms with van der Waals surface area (Å²) in [6.07, 6.45) is 1.01. The van der Waals surface area contributed by atoms with Gasteiger partial charge in [0.1, 0.15) is 5.88 Å². The quantitative estimate of drug-likeness (QED) is 0.770. The second kappa shape index (κ2) is 5.25. The van der Waals surface area contributed by atoms with Crippen LogP contribution in [-0.2, 0) is 17.8 Å². The first-order valence-corrected chi connectivity index (χ1v) is 5.57. The molecule has 1 heterocycles. The van der Waals surface area contributed by atoms with E-state index in [4.69, 9.17) is 11.6 Å². The molecule has 13 heavy (non-hydrogen) atoms. The van der Waals surface area contributed by atoms with Gasteiger partial charge in [0.05, 0.1) is 6.54 Å². The topological polar surface area (TPSA) is 29.1 Å². The van der Waals surface area contributed by atoms with Crippen molar-refractivity contribution in [3.63, 3.8) is 0 Å². The van der Waals surface area contributed by atoms with E-state index in [2.05, 4.69) is 18.3 Å². The largest absolute Gasteiger partial charge is 0.350 e. The third kappa shape index (κ3) is 3.01. The molecule has 0 spiro atoms. The summed E-state index contributed by atoms with van der Waals surface area (Å²) in [5.41, 5.74) is 1.31. The smallest absolute Gasteiger partial charge is 0.235 e. The second-order valence-electron chi connectivity index (χ2n) is 2.63. The number of alkyl halides is 1. The average molecular weight is 218 g/mol. The standard InChI is InChI=1S/C9H12ClNOS/c1-2-7-3-4-13-8(7)6-11-9(12)5-10/h3-4H,2,5-6H2,1H3,(H,11,12). The maximum atomic E-state index is 10.9. The minimum atomic E-state index is -0.114. The Hall–Kier alpha value is -0.540. The van der Waals surface area contributed by atoms with E-state index in [9.17, 15) is 4.79 Å². The lowest BCUT2D eigenvalue weighted by atomic mass is 10.2. The molecule has 1 N–H and O–H groups in total. The molecule has 0 atom stereocenters. The number of hydrogen-bond donors (Lipinski definition) is 1. The van der Waals surface area contributed by atoms with Crippen molar-refractivity contribution in [2.24, 2.45) is 0 Å². The lowest BCUT2D eigenvalue weighted by Gasteiger charge is -2.02. The molecule has 0 unspecified atom stereocenters. The molecule has 1 amide bonds. The number of thiophene rings is 1. The second-order valence-corrected chi connectivity index (χ2v) is 3.90. The fourth-order valence-electron chi connectivity index (χ4n) is 1.06. The Labute approximate surface area is 86.9 Å². The fraction of sp³-hybridized carbons (Fsp3) is 0.444. The van der Waals surface area contributed by atoms with Gasteiger partial charge in [0.25, 0.3) is 0 Å². The van der Waals surface area contributed by atoms with Crippen molar-refractivity contribution in [2.45, 2.75) is 19.9 Å². The van der Waals surface area contributed by atoms with Crippen LogP contribution in [-0.4, -0.2) is 11.8 Å². The maximum absolute atomic E-state index is 10.9. The number of nitrogens with one attached hydrogen (secondary N) is 1. The summed E-state index contributed by atoms with van der Waals surface area (Å²) in [6, 6.07) is 2.09. The Morgan fingerprint density at radius 2 is 2.46 bits per heavy atom. The monoisotopic (exact) mass is 217 g/mol. The van der Waals surface area contributed by atoms with E-state index in [1.807, 2.05) is 5.38 Å². The first-order chi connectivity index (χ1) is 6.27. The maximum Gasteiger partial charge on any atom is 0.235 e. The van der Waals surface area contributed by atoms with Crippen molar-refractivity contribution >= 4 is 28.8 Å². The highest BCUT2D eigenvalue weighted by atomic mass is 35.5. The summed E-state index contributed by atoms with van der Waals surface area (Å²) in [6.45, 7) is 2.71. The first kappa shape index (κ1) is 10.5. The Balaban J connectivity index is 2.49. The molecule has 0 radical (unpaired) electrons. The van der Waals surface area contributed by atoms with Crippen molar-refractivity contribution in [3.8, 4) is 0 Å². The highest BCUT2D eigenvalue weighted by molar-refractivity contribution is 7.10. The Morgan fingerprint density at radius 3 is 3.08 bits per heavy atom. The molecule has 0 saturated heterocycles. The van der Waals surface area contributed by atoms with Crippen LogP contribution in [0.4, 0.5) is 0 Å². The zero-order chi connectivity index (χ0) is 9.68. The van der Waals surface area contributed by atoms with Crippen LogP contribution in [0.15, 0.2) is 11.4 Å². The minimum absolute atomic E-state index is 0.0346. The summed E-state index contributed by atoms with van der Waals surface area (Å²) < 4.78 is 0. The van der Waals surface area contributed by atoms with E-state index in [0.29, 0.717) is 6.54 Å². The molecular formula is C9H12ClNOS. The number of rotatable bonds is 4. The number of carbonyl (C=O) groups is 1. The first-order valence-electron chi connectivity index (χ1n) is 4.15. The number of aryl methyl sites for hydroxylation is 1. The number of amides is 1. The van der Waals surface area contributed by atoms with Crippen LogP contribution in [0.2, 0.25) is 0 Å². The highest BCUT2D eigenvalue weighted by Gasteiger charge is 2.03. The summed E-state index contributed by atoms with van der Waals surface area (Å²) >= 11 is 7.03. The van der Waals surface area contributed by atoms with Crippen LogP contribution in [0.3, 0.4) is 0 Å². The normalized spacial score (nSPS) is 10.0. The molecule has 1 aromatic heterocycles. The molecule has 1 aromatic rings. The molecule has 0 aliphatic carbocycles. The van der Waals surface area contributed by atoms with Crippen molar-refractivity contribution in [2.75, 3.05) is 5.88 Å². The van der Waals surface area contributed by atoms with Gasteiger partial charge >= 0.3 is 0 Å². The van der Waals surface area contributed by atoms with E-state index < -0.39 is 0 Å². The Morgan fingerprint density at radius 1 is 1.69 bits per heavy atom. The summed E-state index contributed by atoms with van der Waals surface area (Å²) in [5, 5.41) is 4.79. The molecule has 0 aliphatic rings. The number of carbonyl (C=O) groups excluding carboxylic acids is 1.